The summed E-state index contributed by atoms with van der Waals surface area (Å²) in [6, 6.07) is 11.7. The van der Waals surface area contributed by atoms with Gasteiger partial charge in [-0.25, -0.2) is 4.68 Å². The molecule has 0 radical (unpaired) electrons. The monoisotopic (exact) mass is 368 g/mol. The van der Waals surface area contributed by atoms with Gasteiger partial charge in [-0.15, -0.1) is 0 Å². The van der Waals surface area contributed by atoms with Crippen LogP contribution in [0.15, 0.2) is 48.5 Å². The first-order valence-corrected chi connectivity index (χ1v) is 7.73. The quantitative estimate of drug-likeness (QED) is 0.481. The van der Waals surface area contributed by atoms with E-state index >= 15 is 0 Å². The molecule has 0 aliphatic carbocycles. The van der Waals surface area contributed by atoms with Crippen LogP contribution in [-0.2, 0) is 0 Å². The van der Waals surface area contributed by atoms with E-state index in [1.807, 2.05) is 0 Å². The highest BCUT2D eigenvalue weighted by Crippen LogP contribution is 2.33. The number of aromatic nitrogens is 2. The molecule has 0 saturated heterocycles. The third kappa shape index (κ3) is 3.43. The van der Waals surface area contributed by atoms with Crippen molar-refractivity contribution in [3.63, 3.8) is 0 Å². The van der Waals surface area contributed by atoms with Crippen LogP contribution in [0.25, 0.3) is 16.9 Å². The molecule has 3 aromatic rings. The Labute approximate surface area is 153 Å². The number of carbonyl (C=O) groups excluding carboxylic acids is 1. The first-order valence-electron chi connectivity index (χ1n) is 7.73. The Kier molecular flexibility index (Phi) is 4.75. The SMILES string of the molecule is COc1ccc(-c2cc(C(=O)[O-])n(-c3ccc([N+](=O)[O-])cc3)n2)c(OC)c1. The molecule has 1 heterocycles. The Morgan fingerprint density at radius 3 is 2.33 bits per heavy atom. The number of benzene rings is 2. The minimum Gasteiger partial charge on any atom is -0.543 e. The lowest BCUT2D eigenvalue weighted by Gasteiger charge is -2.08. The molecule has 3 rings (SSSR count). The maximum atomic E-state index is 11.5. The second-order valence-electron chi connectivity index (χ2n) is 5.45. The Morgan fingerprint density at radius 2 is 1.78 bits per heavy atom. The van der Waals surface area contributed by atoms with E-state index in [-0.39, 0.29) is 11.4 Å². The van der Waals surface area contributed by atoms with Gasteiger partial charge in [0.1, 0.15) is 11.5 Å². The third-order valence-corrected chi connectivity index (χ3v) is 3.91. The summed E-state index contributed by atoms with van der Waals surface area (Å²) in [4.78, 5) is 21.8. The number of aromatic carboxylic acids is 1. The van der Waals surface area contributed by atoms with Crippen molar-refractivity contribution in [3.8, 4) is 28.4 Å². The number of nitro benzene ring substituents is 1. The van der Waals surface area contributed by atoms with Gasteiger partial charge >= 0.3 is 0 Å². The van der Waals surface area contributed by atoms with Crippen LogP contribution in [-0.4, -0.2) is 34.9 Å². The van der Waals surface area contributed by atoms with Crippen molar-refractivity contribution in [2.45, 2.75) is 0 Å². The molecule has 0 aliphatic heterocycles. The zero-order valence-corrected chi connectivity index (χ0v) is 14.4. The van der Waals surface area contributed by atoms with E-state index in [2.05, 4.69) is 5.10 Å². The van der Waals surface area contributed by atoms with E-state index < -0.39 is 10.9 Å². The zero-order chi connectivity index (χ0) is 19.6. The molecule has 9 heteroatoms. The molecule has 0 bridgehead atoms. The number of carbonyl (C=O) groups is 1. The highest BCUT2D eigenvalue weighted by Gasteiger charge is 2.16. The number of hydrogen-bond donors (Lipinski definition) is 0. The maximum absolute atomic E-state index is 11.5. The first kappa shape index (κ1) is 17.9. The Balaban J connectivity index is 2.11. The van der Waals surface area contributed by atoms with Crippen molar-refractivity contribution >= 4 is 11.7 Å². The summed E-state index contributed by atoms with van der Waals surface area (Å²) < 4.78 is 11.6. The largest absolute Gasteiger partial charge is 0.543 e. The average Bonchev–Trinajstić information content (AvgIpc) is 3.13. The molecular weight excluding hydrogens is 354 g/mol. The lowest BCUT2D eigenvalue weighted by molar-refractivity contribution is -0.384. The lowest BCUT2D eigenvalue weighted by atomic mass is 10.1. The van der Waals surface area contributed by atoms with Gasteiger partial charge in [0, 0.05) is 23.8 Å². The second-order valence-corrected chi connectivity index (χ2v) is 5.45. The molecule has 138 valence electrons. The predicted octanol–water partition coefficient (Wildman–Crippen LogP) is 1.83. The van der Waals surface area contributed by atoms with E-state index in [0.29, 0.717) is 28.4 Å². The zero-order valence-electron chi connectivity index (χ0n) is 14.4. The summed E-state index contributed by atoms with van der Waals surface area (Å²) in [5.74, 6) is -0.405. The van der Waals surface area contributed by atoms with Gasteiger partial charge in [-0.1, -0.05) is 0 Å². The van der Waals surface area contributed by atoms with E-state index in [9.17, 15) is 20.0 Å². The van der Waals surface area contributed by atoms with Crippen molar-refractivity contribution in [1.29, 1.82) is 0 Å². The fourth-order valence-electron chi connectivity index (χ4n) is 2.58. The van der Waals surface area contributed by atoms with Crippen LogP contribution in [0.1, 0.15) is 10.5 Å². The van der Waals surface area contributed by atoms with Crippen LogP contribution in [0.5, 0.6) is 11.5 Å². The normalized spacial score (nSPS) is 10.4. The summed E-state index contributed by atoms with van der Waals surface area (Å²) in [6.45, 7) is 0. The van der Waals surface area contributed by atoms with Gasteiger partial charge in [0.05, 0.1) is 42.2 Å². The number of nitro groups is 1. The van der Waals surface area contributed by atoms with Crippen molar-refractivity contribution < 1.29 is 24.3 Å². The highest BCUT2D eigenvalue weighted by molar-refractivity contribution is 5.87. The van der Waals surface area contributed by atoms with E-state index in [4.69, 9.17) is 9.47 Å². The average molecular weight is 368 g/mol. The van der Waals surface area contributed by atoms with Crippen molar-refractivity contribution in [2.75, 3.05) is 14.2 Å². The van der Waals surface area contributed by atoms with Gasteiger partial charge in [0.2, 0.25) is 0 Å². The lowest BCUT2D eigenvalue weighted by Crippen LogP contribution is -2.25. The molecule has 0 unspecified atom stereocenters. The minimum absolute atomic E-state index is 0.113. The molecule has 0 aliphatic rings. The molecule has 0 fully saturated rings. The number of hydrogen-bond acceptors (Lipinski definition) is 7. The number of methoxy groups -OCH3 is 2. The topological polar surface area (TPSA) is 120 Å². The van der Waals surface area contributed by atoms with E-state index in [0.717, 1.165) is 4.68 Å². The number of non-ortho nitro benzene ring substituents is 1. The van der Waals surface area contributed by atoms with E-state index in [1.54, 1.807) is 18.2 Å². The molecule has 0 amide bonds. The number of nitrogens with zero attached hydrogens (tertiary/aromatic N) is 3. The van der Waals surface area contributed by atoms with Crippen molar-refractivity contribution in [3.05, 3.63) is 64.3 Å². The molecular formula is C18H14N3O6-. The Bertz CT molecular complexity index is 1010. The summed E-state index contributed by atoms with van der Waals surface area (Å²) in [6.07, 6.45) is 0. The van der Waals surface area contributed by atoms with Gasteiger partial charge in [-0.2, -0.15) is 5.10 Å². The standard InChI is InChI=1S/C18H15N3O6/c1-26-13-7-8-14(17(9-13)27-2)15-10-16(18(22)23)20(19-15)11-3-5-12(6-4-11)21(24)25/h3-10H,1-2H3,(H,22,23)/p-1. The minimum atomic E-state index is -1.43. The van der Waals surface area contributed by atoms with Gasteiger partial charge in [-0.3, -0.25) is 10.1 Å². The molecule has 0 spiro atoms. The summed E-state index contributed by atoms with van der Waals surface area (Å²) in [5, 5.41) is 26.6. The molecule has 0 atom stereocenters. The number of ether oxygens (including phenoxy) is 2. The molecule has 27 heavy (non-hydrogen) atoms. The molecule has 9 nitrogen and oxygen atoms in total. The smallest absolute Gasteiger partial charge is 0.269 e. The van der Waals surface area contributed by atoms with Crippen LogP contribution in [0.2, 0.25) is 0 Å². The maximum Gasteiger partial charge on any atom is 0.269 e. The van der Waals surface area contributed by atoms with Crippen LogP contribution >= 0.6 is 0 Å². The van der Waals surface area contributed by atoms with Gasteiger partial charge in [-0.05, 0) is 30.3 Å². The molecule has 0 N–H and O–H groups in total. The van der Waals surface area contributed by atoms with Crippen LogP contribution in [0.4, 0.5) is 5.69 Å². The second kappa shape index (κ2) is 7.16. The van der Waals surface area contributed by atoms with E-state index in [1.165, 1.54) is 44.6 Å². The number of rotatable bonds is 6. The predicted molar refractivity (Wildman–Crippen MR) is 93.1 cm³/mol. The number of carboxylic acid groups (broad SMARTS) is 1. The molecule has 1 aromatic heterocycles. The van der Waals surface area contributed by atoms with Crippen molar-refractivity contribution in [2.24, 2.45) is 0 Å². The third-order valence-electron chi connectivity index (χ3n) is 3.91. The fourth-order valence-corrected chi connectivity index (χ4v) is 2.58. The summed E-state index contributed by atoms with van der Waals surface area (Å²) in [7, 11) is 3.00. The van der Waals surface area contributed by atoms with Crippen LogP contribution in [0.3, 0.4) is 0 Å². The van der Waals surface area contributed by atoms with Gasteiger partial charge in [0.15, 0.2) is 0 Å². The summed E-state index contributed by atoms with van der Waals surface area (Å²) >= 11 is 0. The summed E-state index contributed by atoms with van der Waals surface area (Å²) in [5.41, 5.74) is 0.932. The van der Waals surface area contributed by atoms with Crippen molar-refractivity contribution in [1.82, 2.24) is 9.78 Å². The fraction of sp³-hybridized carbons (Fsp3) is 0.111. The van der Waals surface area contributed by atoms with Gasteiger partial charge < -0.3 is 19.4 Å². The Hall–Kier alpha value is -3.88. The van der Waals surface area contributed by atoms with Crippen LogP contribution in [0, 0.1) is 10.1 Å². The number of carboxylic acids is 1. The molecule has 0 saturated carbocycles. The molecule has 2 aromatic carbocycles. The Morgan fingerprint density at radius 1 is 1.07 bits per heavy atom. The highest BCUT2D eigenvalue weighted by atomic mass is 16.6. The first-order chi connectivity index (χ1) is 12.9. The van der Waals surface area contributed by atoms with Crippen LogP contribution < -0.4 is 14.6 Å². The van der Waals surface area contributed by atoms with Gasteiger partial charge in [0.25, 0.3) is 5.69 Å².